The summed E-state index contributed by atoms with van der Waals surface area (Å²) in [6, 6.07) is 0. The monoisotopic (exact) mass is 245 g/mol. The minimum atomic E-state index is -0.461. The summed E-state index contributed by atoms with van der Waals surface area (Å²) in [6.07, 6.45) is 0. The van der Waals surface area contributed by atoms with Crippen molar-refractivity contribution in [3.8, 4) is 0 Å². The number of hydrogen-bond acceptors (Lipinski definition) is 9. The number of aliphatic hydroxyl groups excluding tert-OH is 4. The molecular formula is C8H15N5O4. The minimum absolute atomic E-state index is 0.0596. The Labute approximate surface area is 97.6 Å². The molecule has 0 saturated carbocycles. The molecule has 1 aromatic rings. The van der Waals surface area contributed by atoms with Gasteiger partial charge in [-0.15, -0.1) is 0 Å². The van der Waals surface area contributed by atoms with Crippen molar-refractivity contribution in [1.82, 2.24) is 15.0 Å². The van der Waals surface area contributed by atoms with Crippen LogP contribution in [0.1, 0.15) is 5.82 Å². The summed E-state index contributed by atoms with van der Waals surface area (Å²) < 4.78 is 0. The van der Waals surface area contributed by atoms with Gasteiger partial charge in [-0.05, 0) is 6.92 Å². The van der Waals surface area contributed by atoms with Gasteiger partial charge in [0.25, 0.3) is 0 Å². The highest BCUT2D eigenvalue weighted by Crippen LogP contribution is 2.12. The molecule has 0 aliphatic carbocycles. The van der Waals surface area contributed by atoms with Crippen molar-refractivity contribution in [2.75, 3.05) is 36.7 Å². The van der Waals surface area contributed by atoms with Gasteiger partial charge in [-0.2, -0.15) is 15.0 Å². The highest BCUT2D eigenvalue weighted by molar-refractivity contribution is 5.37. The number of aryl methyl sites for hydroxylation is 1. The molecule has 0 radical (unpaired) electrons. The van der Waals surface area contributed by atoms with E-state index in [0.717, 1.165) is 9.80 Å². The lowest BCUT2D eigenvalue weighted by Gasteiger charge is -2.20. The fraction of sp³-hybridized carbons (Fsp3) is 0.625. The molecule has 0 fully saturated rings. The van der Waals surface area contributed by atoms with E-state index in [1.54, 1.807) is 6.92 Å². The summed E-state index contributed by atoms with van der Waals surface area (Å²) in [5.74, 6) is 0.456. The lowest BCUT2D eigenvalue weighted by atomic mass is 10.6. The Morgan fingerprint density at radius 2 is 1.12 bits per heavy atom. The van der Waals surface area contributed by atoms with Gasteiger partial charge < -0.3 is 20.4 Å². The number of aliphatic hydroxyl groups is 4. The largest absolute Gasteiger partial charge is 0.376 e. The average Bonchev–Trinajstić information content (AvgIpc) is 2.31. The van der Waals surface area contributed by atoms with Crippen molar-refractivity contribution in [3.05, 3.63) is 5.82 Å². The van der Waals surface area contributed by atoms with Crippen LogP contribution in [0.15, 0.2) is 0 Å². The van der Waals surface area contributed by atoms with Crippen LogP contribution in [0.4, 0.5) is 11.9 Å². The van der Waals surface area contributed by atoms with Gasteiger partial charge >= 0.3 is 0 Å². The van der Waals surface area contributed by atoms with E-state index in [9.17, 15) is 0 Å². The van der Waals surface area contributed by atoms with E-state index in [1.807, 2.05) is 0 Å². The summed E-state index contributed by atoms with van der Waals surface area (Å²) >= 11 is 0. The van der Waals surface area contributed by atoms with Crippen molar-refractivity contribution < 1.29 is 20.4 Å². The van der Waals surface area contributed by atoms with E-state index in [2.05, 4.69) is 15.0 Å². The van der Waals surface area contributed by atoms with Crippen LogP contribution in [0, 0.1) is 6.92 Å². The van der Waals surface area contributed by atoms with E-state index in [1.165, 1.54) is 0 Å². The Morgan fingerprint density at radius 1 is 0.765 bits per heavy atom. The van der Waals surface area contributed by atoms with E-state index < -0.39 is 26.9 Å². The molecule has 0 aliphatic rings. The van der Waals surface area contributed by atoms with Crippen LogP contribution in [0.25, 0.3) is 0 Å². The van der Waals surface area contributed by atoms with Crippen molar-refractivity contribution >= 4 is 11.9 Å². The molecule has 9 nitrogen and oxygen atoms in total. The molecule has 96 valence electrons. The highest BCUT2D eigenvalue weighted by atomic mass is 16.3. The summed E-state index contributed by atoms with van der Waals surface area (Å²) in [6.45, 7) is -0.251. The van der Waals surface area contributed by atoms with Gasteiger partial charge in [0.1, 0.15) is 32.7 Å². The van der Waals surface area contributed by atoms with Gasteiger partial charge in [0.05, 0.1) is 0 Å². The van der Waals surface area contributed by atoms with E-state index in [0.29, 0.717) is 5.82 Å². The van der Waals surface area contributed by atoms with Crippen LogP contribution in [0.2, 0.25) is 0 Å². The molecule has 0 aliphatic heterocycles. The number of nitrogens with zero attached hydrogens (tertiary/aromatic N) is 5. The lowest BCUT2D eigenvalue weighted by Crippen LogP contribution is -2.31. The number of anilines is 2. The summed E-state index contributed by atoms with van der Waals surface area (Å²) in [5, 5.41) is 35.9. The van der Waals surface area contributed by atoms with Crippen molar-refractivity contribution in [3.63, 3.8) is 0 Å². The van der Waals surface area contributed by atoms with Gasteiger partial charge in [-0.1, -0.05) is 0 Å². The first kappa shape index (κ1) is 13.5. The van der Waals surface area contributed by atoms with Crippen LogP contribution < -0.4 is 9.80 Å². The number of aromatic nitrogens is 3. The van der Waals surface area contributed by atoms with Crippen LogP contribution in [-0.2, 0) is 0 Å². The number of hydrogen-bond donors (Lipinski definition) is 4. The van der Waals surface area contributed by atoms with Crippen molar-refractivity contribution in [1.29, 1.82) is 0 Å². The molecule has 1 aromatic heterocycles. The zero-order valence-corrected chi connectivity index (χ0v) is 9.35. The van der Waals surface area contributed by atoms with Gasteiger partial charge in [-0.25, -0.2) is 0 Å². The Morgan fingerprint density at radius 3 is 1.41 bits per heavy atom. The predicted octanol–water partition coefficient (Wildman–Crippen LogP) is -2.41. The van der Waals surface area contributed by atoms with Crippen molar-refractivity contribution in [2.24, 2.45) is 0 Å². The Balaban J connectivity index is 3.08. The molecule has 0 amide bonds. The van der Waals surface area contributed by atoms with Gasteiger partial charge in [-0.3, -0.25) is 9.80 Å². The minimum Gasteiger partial charge on any atom is -0.376 e. The van der Waals surface area contributed by atoms with Crippen LogP contribution >= 0.6 is 0 Å². The van der Waals surface area contributed by atoms with Gasteiger partial charge in [0.2, 0.25) is 11.9 Å². The third-order valence-corrected chi connectivity index (χ3v) is 1.97. The lowest BCUT2D eigenvalue weighted by molar-refractivity contribution is 0.217. The maximum Gasteiger partial charge on any atom is 0.234 e. The zero-order chi connectivity index (χ0) is 12.8. The zero-order valence-electron chi connectivity index (χ0n) is 9.35. The Kier molecular flexibility index (Phi) is 4.97. The third kappa shape index (κ3) is 3.20. The van der Waals surface area contributed by atoms with E-state index in [4.69, 9.17) is 20.4 Å². The predicted molar refractivity (Wildman–Crippen MR) is 57.9 cm³/mol. The molecule has 1 rings (SSSR count). The molecule has 0 spiro atoms. The first-order valence-electron chi connectivity index (χ1n) is 4.82. The summed E-state index contributed by atoms with van der Waals surface area (Å²) in [4.78, 5) is 13.9. The number of rotatable bonds is 6. The maximum absolute atomic E-state index is 8.97. The molecule has 0 saturated heterocycles. The van der Waals surface area contributed by atoms with E-state index >= 15 is 0 Å². The molecule has 4 N–H and O–H groups in total. The second kappa shape index (κ2) is 6.25. The normalized spacial score (nSPS) is 10.4. The van der Waals surface area contributed by atoms with Crippen LogP contribution in [-0.4, -0.2) is 62.3 Å². The molecule has 1 heterocycles. The highest BCUT2D eigenvalue weighted by Gasteiger charge is 2.14. The summed E-state index contributed by atoms with van der Waals surface area (Å²) in [5.41, 5.74) is 0. The molecule has 0 unspecified atom stereocenters. The fourth-order valence-corrected chi connectivity index (χ4v) is 1.08. The quantitative estimate of drug-likeness (QED) is 0.405. The summed E-state index contributed by atoms with van der Waals surface area (Å²) in [7, 11) is 0. The average molecular weight is 245 g/mol. The molecule has 0 bridgehead atoms. The van der Waals surface area contributed by atoms with Crippen LogP contribution in [0.3, 0.4) is 0 Å². The van der Waals surface area contributed by atoms with Gasteiger partial charge in [0, 0.05) is 0 Å². The fourth-order valence-electron chi connectivity index (χ4n) is 1.08. The molecule has 9 heteroatoms. The van der Waals surface area contributed by atoms with Crippen molar-refractivity contribution in [2.45, 2.75) is 6.92 Å². The smallest absolute Gasteiger partial charge is 0.234 e. The third-order valence-electron chi connectivity index (χ3n) is 1.97. The van der Waals surface area contributed by atoms with E-state index in [-0.39, 0.29) is 11.9 Å². The first-order valence-corrected chi connectivity index (χ1v) is 4.82. The Hall–Kier alpha value is -1.55. The first-order chi connectivity index (χ1) is 8.15. The standard InChI is InChI=1S/C8H15N5O4/c1-6-9-7(12(2-14)3-15)11-8(10-6)13(4-16)5-17/h14-17H,2-5H2,1H3. The molecule has 17 heavy (non-hydrogen) atoms. The molecule has 0 atom stereocenters. The molecular weight excluding hydrogens is 230 g/mol. The SMILES string of the molecule is Cc1nc(N(CO)CO)nc(N(CO)CO)n1. The maximum atomic E-state index is 8.97. The van der Waals surface area contributed by atoms with Gasteiger partial charge in [0.15, 0.2) is 0 Å². The topological polar surface area (TPSA) is 126 Å². The second-order valence-electron chi connectivity index (χ2n) is 3.13. The Bertz CT molecular complexity index is 326. The molecule has 0 aromatic carbocycles. The second-order valence-corrected chi connectivity index (χ2v) is 3.13. The van der Waals surface area contributed by atoms with Crippen LogP contribution in [0.5, 0.6) is 0 Å².